The van der Waals surface area contributed by atoms with Crippen molar-refractivity contribution >= 4 is 34.8 Å². The molecule has 1 fully saturated rings. The van der Waals surface area contributed by atoms with Crippen LogP contribution in [0.3, 0.4) is 0 Å². The summed E-state index contributed by atoms with van der Waals surface area (Å²) in [4.78, 5) is 28.4. The topological polar surface area (TPSA) is 77.1 Å². The van der Waals surface area contributed by atoms with Gasteiger partial charge < -0.3 is 24.4 Å². The van der Waals surface area contributed by atoms with Gasteiger partial charge in [-0.25, -0.2) is 0 Å². The molecule has 1 saturated heterocycles. The maximum absolute atomic E-state index is 13.5. The summed E-state index contributed by atoms with van der Waals surface area (Å²) in [6.45, 7) is 0. The highest BCUT2D eigenvalue weighted by molar-refractivity contribution is 6.31. The number of halogens is 1. The maximum Gasteiger partial charge on any atom is 0.230 e. The molecule has 0 aliphatic carbocycles. The average Bonchev–Trinajstić information content (AvgIpc) is 3.21. The van der Waals surface area contributed by atoms with Crippen molar-refractivity contribution in [2.75, 3.05) is 31.5 Å². The Bertz CT molecular complexity index is 1180. The zero-order valence-electron chi connectivity index (χ0n) is 19.1. The van der Waals surface area contributed by atoms with Crippen molar-refractivity contribution in [1.82, 2.24) is 0 Å². The molecule has 3 aromatic carbocycles. The predicted octanol–water partition coefficient (Wildman–Crippen LogP) is 5.10. The van der Waals surface area contributed by atoms with Crippen LogP contribution in [0.2, 0.25) is 5.02 Å². The third-order valence-electron chi connectivity index (χ3n) is 5.89. The lowest BCUT2D eigenvalue weighted by Crippen LogP contribution is -2.32. The first-order valence-corrected chi connectivity index (χ1v) is 11.1. The van der Waals surface area contributed by atoms with Gasteiger partial charge in [0.15, 0.2) is 0 Å². The van der Waals surface area contributed by atoms with Crippen LogP contribution in [0.15, 0.2) is 66.7 Å². The van der Waals surface area contributed by atoms with Gasteiger partial charge in [-0.15, -0.1) is 0 Å². The summed E-state index contributed by atoms with van der Waals surface area (Å²) in [5.74, 6) is 0.754. The van der Waals surface area contributed by atoms with Crippen molar-refractivity contribution in [2.45, 2.75) is 12.5 Å². The Hall–Kier alpha value is -3.71. The molecule has 8 heteroatoms. The molecule has 2 amide bonds. The lowest BCUT2D eigenvalue weighted by Gasteiger charge is -2.29. The Morgan fingerprint density at radius 2 is 1.53 bits per heavy atom. The number of nitrogens with one attached hydrogen (secondary N) is 1. The van der Waals surface area contributed by atoms with Crippen LogP contribution in [-0.4, -0.2) is 33.1 Å². The molecule has 1 aliphatic heterocycles. The Labute approximate surface area is 203 Å². The third-order valence-corrected chi connectivity index (χ3v) is 6.12. The maximum atomic E-state index is 13.5. The van der Waals surface area contributed by atoms with Gasteiger partial charge in [0.2, 0.25) is 11.8 Å². The van der Waals surface area contributed by atoms with Gasteiger partial charge in [-0.05, 0) is 60.2 Å². The fraction of sp³-hybridized carbons (Fsp3) is 0.231. The van der Waals surface area contributed by atoms with E-state index in [1.165, 1.54) is 7.11 Å². The molecule has 0 bridgehead atoms. The Morgan fingerprint density at radius 1 is 0.912 bits per heavy atom. The smallest absolute Gasteiger partial charge is 0.230 e. The van der Waals surface area contributed by atoms with Gasteiger partial charge in [-0.3, -0.25) is 9.59 Å². The number of hydrogen-bond acceptors (Lipinski definition) is 5. The van der Waals surface area contributed by atoms with Gasteiger partial charge in [-0.1, -0.05) is 23.7 Å². The lowest BCUT2D eigenvalue weighted by molar-refractivity contribution is -0.122. The number of methoxy groups -OCH3 is 3. The van der Waals surface area contributed by atoms with Crippen molar-refractivity contribution in [3.05, 3.63) is 77.3 Å². The van der Waals surface area contributed by atoms with Gasteiger partial charge in [-0.2, -0.15) is 0 Å². The summed E-state index contributed by atoms with van der Waals surface area (Å²) < 4.78 is 15.9. The Kier molecular flexibility index (Phi) is 6.93. The van der Waals surface area contributed by atoms with E-state index in [2.05, 4.69) is 5.32 Å². The highest BCUT2D eigenvalue weighted by atomic mass is 35.5. The molecule has 176 valence electrons. The van der Waals surface area contributed by atoms with Crippen LogP contribution in [0.5, 0.6) is 17.2 Å². The van der Waals surface area contributed by atoms with Crippen LogP contribution in [0.1, 0.15) is 18.0 Å². The second-order valence-electron chi connectivity index (χ2n) is 7.82. The molecule has 1 aliphatic rings. The predicted molar refractivity (Wildman–Crippen MR) is 131 cm³/mol. The number of carbonyl (C=O) groups excluding carboxylic acids is 2. The Balaban J connectivity index is 1.72. The van der Waals surface area contributed by atoms with E-state index in [4.69, 9.17) is 25.8 Å². The monoisotopic (exact) mass is 480 g/mol. The van der Waals surface area contributed by atoms with Gasteiger partial charge in [0.05, 0.1) is 39.0 Å². The van der Waals surface area contributed by atoms with Crippen LogP contribution in [-0.2, 0) is 9.59 Å². The minimum absolute atomic E-state index is 0.0530. The number of ether oxygens (including phenoxy) is 3. The minimum Gasteiger partial charge on any atom is -0.497 e. The normalized spacial score (nSPS) is 17.4. The summed E-state index contributed by atoms with van der Waals surface area (Å²) in [5.41, 5.74) is 1.95. The molecule has 0 aromatic heterocycles. The number of rotatable bonds is 7. The molecule has 7 nitrogen and oxygen atoms in total. The molecule has 0 unspecified atom stereocenters. The van der Waals surface area contributed by atoms with Crippen LogP contribution in [0.25, 0.3) is 0 Å². The molecule has 34 heavy (non-hydrogen) atoms. The van der Waals surface area contributed by atoms with E-state index >= 15 is 0 Å². The quantitative estimate of drug-likeness (QED) is 0.509. The van der Waals surface area contributed by atoms with Gasteiger partial charge in [0.25, 0.3) is 0 Å². The van der Waals surface area contributed by atoms with E-state index in [0.717, 1.165) is 5.56 Å². The highest BCUT2D eigenvalue weighted by Gasteiger charge is 2.45. The third kappa shape index (κ3) is 4.65. The number of carbonyl (C=O) groups is 2. The first kappa shape index (κ1) is 23.4. The molecule has 0 radical (unpaired) electrons. The van der Waals surface area contributed by atoms with Crippen molar-refractivity contribution in [3.63, 3.8) is 0 Å². The first-order chi connectivity index (χ1) is 16.4. The average molecular weight is 481 g/mol. The summed E-state index contributed by atoms with van der Waals surface area (Å²) in [7, 11) is 4.69. The number of anilines is 2. The molecule has 1 heterocycles. The van der Waals surface area contributed by atoms with E-state index < -0.39 is 12.0 Å². The molecule has 2 atom stereocenters. The Morgan fingerprint density at radius 3 is 2.12 bits per heavy atom. The fourth-order valence-corrected chi connectivity index (χ4v) is 4.37. The van der Waals surface area contributed by atoms with E-state index in [0.29, 0.717) is 33.6 Å². The molecule has 1 N–H and O–H groups in total. The summed E-state index contributed by atoms with van der Waals surface area (Å²) in [5, 5.41) is 3.37. The number of benzene rings is 3. The van der Waals surface area contributed by atoms with Crippen LogP contribution >= 0.6 is 11.6 Å². The van der Waals surface area contributed by atoms with Gasteiger partial charge >= 0.3 is 0 Å². The standard InChI is InChI=1S/C26H25ClN2O5/c1-32-19-9-4-16(5-10-19)25-21(26(31)28-22-14-17(27)6-13-23(22)34-3)15-24(30)29(25)18-7-11-20(33-2)12-8-18/h4-14,21,25H,15H2,1-3H3,(H,28,31)/t21-,25-/m0/s1. The van der Waals surface area contributed by atoms with E-state index in [1.807, 2.05) is 36.4 Å². The highest BCUT2D eigenvalue weighted by Crippen LogP contribution is 2.43. The molecule has 0 saturated carbocycles. The van der Waals surface area contributed by atoms with E-state index in [-0.39, 0.29) is 18.2 Å². The first-order valence-electron chi connectivity index (χ1n) is 10.7. The summed E-state index contributed by atoms with van der Waals surface area (Å²) in [6.07, 6.45) is 0.0530. The van der Waals surface area contributed by atoms with Crippen molar-refractivity contribution < 1.29 is 23.8 Å². The summed E-state index contributed by atoms with van der Waals surface area (Å²) >= 11 is 6.13. The number of nitrogens with zero attached hydrogens (tertiary/aromatic N) is 1. The van der Waals surface area contributed by atoms with Crippen LogP contribution in [0, 0.1) is 5.92 Å². The van der Waals surface area contributed by atoms with Crippen LogP contribution in [0.4, 0.5) is 11.4 Å². The van der Waals surface area contributed by atoms with Crippen molar-refractivity contribution in [1.29, 1.82) is 0 Å². The minimum atomic E-state index is -0.647. The van der Waals surface area contributed by atoms with Gasteiger partial charge in [0, 0.05) is 17.1 Å². The van der Waals surface area contributed by atoms with Crippen LogP contribution < -0.4 is 24.4 Å². The summed E-state index contributed by atoms with van der Waals surface area (Å²) in [6, 6.07) is 19.1. The second-order valence-corrected chi connectivity index (χ2v) is 8.26. The molecule has 3 aromatic rings. The molecule has 4 rings (SSSR count). The number of amides is 2. The molecular weight excluding hydrogens is 456 g/mol. The second kappa shape index (κ2) is 10.1. The lowest BCUT2D eigenvalue weighted by atomic mass is 9.92. The van der Waals surface area contributed by atoms with Gasteiger partial charge in [0.1, 0.15) is 17.2 Å². The van der Waals surface area contributed by atoms with Crippen molar-refractivity contribution in [2.24, 2.45) is 5.92 Å². The molecular formula is C26H25ClN2O5. The van der Waals surface area contributed by atoms with Crippen molar-refractivity contribution in [3.8, 4) is 17.2 Å². The zero-order valence-corrected chi connectivity index (χ0v) is 19.8. The SMILES string of the molecule is COc1ccc([C@H]2[C@@H](C(=O)Nc3cc(Cl)ccc3OC)CC(=O)N2c2ccc(OC)cc2)cc1. The number of hydrogen-bond donors (Lipinski definition) is 1. The largest absolute Gasteiger partial charge is 0.497 e. The fourth-order valence-electron chi connectivity index (χ4n) is 4.20. The van der Waals surface area contributed by atoms with E-state index in [9.17, 15) is 9.59 Å². The molecule has 0 spiro atoms. The van der Waals surface area contributed by atoms with E-state index in [1.54, 1.807) is 49.5 Å². The zero-order chi connectivity index (χ0) is 24.2.